The molecule has 12 heteroatoms. The third-order valence-corrected chi connectivity index (χ3v) is 6.87. The topological polar surface area (TPSA) is 138 Å². The Morgan fingerprint density at radius 1 is 1.24 bits per heavy atom. The van der Waals surface area contributed by atoms with Gasteiger partial charge in [0.1, 0.15) is 17.4 Å². The highest BCUT2D eigenvalue weighted by Crippen LogP contribution is 2.33. The summed E-state index contributed by atoms with van der Waals surface area (Å²) in [6.07, 6.45) is 0. The number of amides is 2. The van der Waals surface area contributed by atoms with Gasteiger partial charge in [-0.2, -0.15) is 0 Å². The lowest BCUT2D eigenvalue weighted by Gasteiger charge is -2.08. The number of thioether (sulfide) groups is 1. The molecule has 0 fully saturated rings. The van der Waals surface area contributed by atoms with Crippen LogP contribution in [0.1, 0.15) is 37.0 Å². The van der Waals surface area contributed by atoms with Gasteiger partial charge in [0.2, 0.25) is 5.91 Å². The maximum atomic E-state index is 12.5. The zero-order valence-electron chi connectivity index (χ0n) is 18.5. The first-order valence-electron chi connectivity index (χ1n) is 9.73. The molecule has 1 aromatic carbocycles. The summed E-state index contributed by atoms with van der Waals surface area (Å²) in [5.41, 5.74) is 6.94. The largest absolute Gasteiger partial charge is 0.486 e. The van der Waals surface area contributed by atoms with Gasteiger partial charge in [0, 0.05) is 7.05 Å². The monoisotopic (exact) mass is 489 g/mol. The van der Waals surface area contributed by atoms with Crippen LogP contribution in [-0.2, 0) is 23.2 Å². The molecule has 0 atom stereocenters. The average molecular weight is 490 g/mol. The molecule has 0 aliphatic carbocycles. The second-order valence-electron chi connectivity index (χ2n) is 7.02. The first kappa shape index (κ1) is 24.3. The minimum Gasteiger partial charge on any atom is -0.486 e. The summed E-state index contributed by atoms with van der Waals surface area (Å²) in [6, 6.07) is 7.68. The molecule has 0 saturated heterocycles. The number of benzene rings is 1. The number of nitrogens with one attached hydrogen (secondary N) is 1. The molecule has 2 heterocycles. The molecule has 0 saturated carbocycles. The Bertz CT molecular complexity index is 1200. The van der Waals surface area contributed by atoms with Crippen LogP contribution in [0, 0.1) is 13.8 Å². The number of hydrogen-bond donors (Lipinski definition) is 2. The summed E-state index contributed by atoms with van der Waals surface area (Å²) in [7, 11) is 3.01. The van der Waals surface area contributed by atoms with Crippen molar-refractivity contribution in [3.05, 3.63) is 51.7 Å². The number of methoxy groups -OCH3 is 1. The van der Waals surface area contributed by atoms with E-state index in [1.807, 2.05) is 31.2 Å². The zero-order valence-corrected chi connectivity index (χ0v) is 20.1. The van der Waals surface area contributed by atoms with Gasteiger partial charge >= 0.3 is 5.97 Å². The van der Waals surface area contributed by atoms with Crippen LogP contribution >= 0.6 is 23.1 Å². The van der Waals surface area contributed by atoms with Crippen molar-refractivity contribution in [2.24, 2.45) is 12.8 Å². The number of carbonyl (C=O) groups is 3. The fourth-order valence-electron chi connectivity index (χ4n) is 2.93. The number of carbonyl (C=O) groups excluding carboxylic acids is 3. The molecule has 3 rings (SSSR count). The first-order chi connectivity index (χ1) is 15.7. The molecule has 2 amide bonds. The highest BCUT2D eigenvalue weighted by molar-refractivity contribution is 7.99. The molecule has 0 aliphatic heterocycles. The Hall–Kier alpha value is -3.38. The molecule has 0 aliphatic rings. The lowest BCUT2D eigenvalue weighted by atomic mass is 10.1. The summed E-state index contributed by atoms with van der Waals surface area (Å²) in [6.45, 7) is 3.79. The summed E-state index contributed by atoms with van der Waals surface area (Å²) in [5, 5.41) is 11.6. The van der Waals surface area contributed by atoms with Crippen LogP contribution < -0.4 is 15.8 Å². The Morgan fingerprint density at radius 3 is 2.67 bits per heavy atom. The lowest BCUT2D eigenvalue weighted by Crippen LogP contribution is -2.16. The number of aromatic nitrogens is 3. The summed E-state index contributed by atoms with van der Waals surface area (Å²) < 4.78 is 12.3. The third kappa shape index (κ3) is 5.71. The van der Waals surface area contributed by atoms with Gasteiger partial charge in [-0.25, -0.2) is 4.79 Å². The number of nitrogens with two attached hydrogens (primary N) is 1. The van der Waals surface area contributed by atoms with E-state index in [-0.39, 0.29) is 33.7 Å². The first-order valence-corrected chi connectivity index (χ1v) is 11.5. The number of aryl methyl sites for hydroxylation is 1. The molecule has 3 aromatic rings. The molecule has 174 valence electrons. The van der Waals surface area contributed by atoms with Crippen molar-refractivity contribution in [3.8, 4) is 5.75 Å². The fourth-order valence-corrected chi connectivity index (χ4v) is 4.72. The molecule has 0 radical (unpaired) electrons. The van der Waals surface area contributed by atoms with Crippen LogP contribution in [0.25, 0.3) is 0 Å². The maximum Gasteiger partial charge on any atom is 0.341 e. The van der Waals surface area contributed by atoms with Gasteiger partial charge < -0.3 is 25.1 Å². The molecule has 33 heavy (non-hydrogen) atoms. The van der Waals surface area contributed by atoms with E-state index in [9.17, 15) is 14.4 Å². The molecule has 0 bridgehead atoms. The standard InChI is InChI=1S/C21H23N5O5S2/c1-11-6-5-7-13(8-11)31-9-14-24-25-21(26(14)3)32-10-15(27)23-19-16(20(29)30-4)12(2)17(33-19)18(22)28/h5-8H,9-10H2,1-4H3,(H2,22,28)(H,23,27). The minimum absolute atomic E-state index is 0.00811. The van der Waals surface area contributed by atoms with Crippen LogP contribution in [0.2, 0.25) is 0 Å². The van der Waals surface area contributed by atoms with Gasteiger partial charge in [-0.05, 0) is 37.1 Å². The predicted octanol–water partition coefficient (Wildman–Crippen LogP) is 2.69. The van der Waals surface area contributed by atoms with E-state index in [0.29, 0.717) is 16.5 Å². The van der Waals surface area contributed by atoms with Gasteiger partial charge in [0.25, 0.3) is 5.91 Å². The van der Waals surface area contributed by atoms with Gasteiger partial charge in [-0.1, -0.05) is 23.9 Å². The molecule has 3 N–H and O–H groups in total. The van der Waals surface area contributed by atoms with Crippen molar-refractivity contribution in [3.63, 3.8) is 0 Å². The van der Waals surface area contributed by atoms with E-state index in [0.717, 1.165) is 22.6 Å². The maximum absolute atomic E-state index is 12.5. The fraction of sp³-hybridized carbons (Fsp3) is 0.286. The van der Waals surface area contributed by atoms with Crippen molar-refractivity contribution in [2.75, 3.05) is 18.2 Å². The van der Waals surface area contributed by atoms with Crippen LogP contribution in [0.3, 0.4) is 0 Å². The van der Waals surface area contributed by atoms with Gasteiger partial charge in [-0.3, -0.25) is 9.59 Å². The second-order valence-corrected chi connectivity index (χ2v) is 8.98. The van der Waals surface area contributed by atoms with Gasteiger partial charge in [-0.15, -0.1) is 21.5 Å². The van der Waals surface area contributed by atoms with Crippen LogP contribution in [0.5, 0.6) is 5.75 Å². The quantitative estimate of drug-likeness (QED) is 0.346. The smallest absolute Gasteiger partial charge is 0.341 e. The molecular formula is C21H23N5O5S2. The summed E-state index contributed by atoms with van der Waals surface area (Å²) in [4.78, 5) is 36.5. The van der Waals surface area contributed by atoms with E-state index in [4.69, 9.17) is 15.2 Å². The molecule has 0 unspecified atom stereocenters. The van der Waals surface area contributed by atoms with Crippen molar-refractivity contribution < 1.29 is 23.9 Å². The lowest BCUT2D eigenvalue weighted by molar-refractivity contribution is -0.113. The van der Waals surface area contributed by atoms with Crippen molar-refractivity contribution in [2.45, 2.75) is 25.6 Å². The van der Waals surface area contributed by atoms with E-state index in [1.54, 1.807) is 18.5 Å². The Labute approximate surface area is 198 Å². The molecule has 10 nitrogen and oxygen atoms in total. The number of rotatable bonds is 9. The average Bonchev–Trinajstić information content (AvgIpc) is 3.29. The number of thiophene rings is 1. The van der Waals surface area contributed by atoms with Crippen molar-refractivity contribution in [1.29, 1.82) is 0 Å². The summed E-state index contributed by atoms with van der Waals surface area (Å²) >= 11 is 2.11. The second kappa shape index (κ2) is 10.5. The molecule has 2 aromatic heterocycles. The van der Waals surface area contributed by atoms with E-state index in [1.165, 1.54) is 18.9 Å². The minimum atomic E-state index is -0.683. The SMILES string of the molecule is COC(=O)c1c(NC(=O)CSc2nnc(COc3cccc(C)c3)n2C)sc(C(N)=O)c1C. The number of anilines is 1. The highest BCUT2D eigenvalue weighted by Gasteiger charge is 2.25. The Balaban J connectivity index is 1.63. The molecule has 0 spiro atoms. The Morgan fingerprint density at radius 2 is 2.00 bits per heavy atom. The van der Waals surface area contributed by atoms with Crippen LogP contribution in [-0.4, -0.2) is 45.4 Å². The molecular weight excluding hydrogens is 466 g/mol. The van der Waals surface area contributed by atoms with E-state index >= 15 is 0 Å². The van der Waals surface area contributed by atoms with Crippen LogP contribution in [0.15, 0.2) is 29.4 Å². The highest BCUT2D eigenvalue weighted by atomic mass is 32.2. The normalized spacial score (nSPS) is 10.7. The number of esters is 1. The Kier molecular flexibility index (Phi) is 7.71. The van der Waals surface area contributed by atoms with Crippen molar-refractivity contribution in [1.82, 2.24) is 14.8 Å². The third-order valence-electron chi connectivity index (χ3n) is 4.63. The number of hydrogen-bond acceptors (Lipinski definition) is 9. The zero-order chi connectivity index (χ0) is 24.1. The van der Waals surface area contributed by atoms with E-state index in [2.05, 4.69) is 15.5 Å². The van der Waals surface area contributed by atoms with Gasteiger partial charge in [0.15, 0.2) is 11.0 Å². The van der Waals surface area contributed by atoms with Crippen molar-refractivity contribution >= 4 is 45.9 Å². The summed E-state index contributed by atoms with van der Waals surface area (Å²) in [5.74, 6) is -0.388. The predicted molar refractivity (Wildman–Crippen MR) is 125 cm³/mol. The van der Waals surface area contributed by atoms with E-state index < -0.39 is 11.9 Å². The number of ether oxygens (including phenoxy) is 2. The number of nitrogens with zero attached hydrogens (tertiary/aromatic N) is 3. The number of primary amides is 1. The van der Waals surface area contributed by atoms with Crippen LogP contribution in [0.4, 0.5) is 5.00 Å². The van der Waals surface area contributed by atoms with Gasteiger partial charge in [0.05, 0.1) is 23.3 Å².